The van der Waals surface area contributed by atoms with Crippen molar-refractivity contribution in [2.45, 2.75) is 52.2 Å². The average molecular weight is 399 g/mol. The maximum atomic E-state index is 12.4. The van der Waals surface area contributed by atoms with E-state index in [1.54, 1.807) is 12.1 Å². The third-order valence-electron chi connectivity index (χ3n) is 5.67. The quantitative estimate of drug-likeness (QED) is 0.627. The third-order valence-corrected chi connectivity index (χ3v) is 5.67. The molecule has 2 aliphatic rings. The van der Waals surface area contributed by atoms with E-state index in [-0.39, 0.29) is 5.75 Å². The van der Waals surface area contributed by atoms with Gasteiger partial charge in [-0.1, -0.05) is 0 Å². The summed E-state index contributed by atoms with van der Waals surface area (Å²) in [4.78, 5) is 14.0. The Hall–Kier alpha value is -2.77. The summed E-state index contributed by atoms with van der Waals surface area (Å²) in [5.74, 6) is 3.81. The molecule has 3 aromatic rings. The molecule has 29 heavy (non-hydrogen) atoms. The van der Waals surface area contributed by atoms with E-state index in [1.165, 1.54) is 37.8 Å². The van der Waals surface area contributed by atoms with Gasteiger partial charge in [0.2, 0.25) is 0 Å². The summed E-state index contributed by atoms with van der Waals surface area (Å²) in [6.45, 7) is 0.940. The smallest absolute Gasteiger partial charge is 0.387 e. The molecule has 0 radical (unpaired) electrons. The monoisotopic (exact) mass is 399 g/mol. The number of alkyl halides is 2. The first-order valence-corrected chi connectivity index (χ1v) is 10.0. The van der Waals surface area contributed by atoms with Crippen LogP contribution in [0.15, 0.2) is 24.3 Å². The Balaban J connectivity index is 1.53. The molecule has 2 aliphatic carbocycles. The molecule has 0 bridgehead atoms. The van der Waals surface area contributed by atoms with Crippen molar-refractivity contribution in [1.29, 1.82) is 0 Å². The highest BCUT2D eigenvalue weighted by molar-refractivity contribution is 5.85. The Kier molecular flexibility index (Phi) is 4.37. The molecule has 1 N–H and O–H groups in total. The van der Waals surface area contributed by atoms with Crippen LogP contribution in [-0.4, -0.2) is 32.2 Å². The predicted molar refractivity (Wildman–Crippen MR) is 106 cm³/mol. The number of fused-ring (bicyclic) bond motifs is 1. The minimum Gasteiger partial charge on any atom is -0.435 e. The molecule has 0 aliphatic heterocycles. The van der Waals surface area contributed by atoms with Crippen molar-refractivity contribution in [2.75, 3.05) is 5.32 Å². The highest BCUT2D eigenvalue weighted by Gasteiger charge is 2.42. The van der Waals surface area contributed by atoms with Gasteiger partial charge in [-0.05, 0) is 75.6 Å². The van der Waals surface area contributed by atoms with Crippen LogP contribution in [0.5, 0.6) is 5.75 Å². The van der Waals surface area contributed by atoms with Gasteiger partial charge in [0.25, 0.3) is 0 Å². The van der Waals surface area contributed by atoms with Crippen molar-refractivity contribution in [2.24, 2.45) is 11.8 Å². The molecule has 2 heterocycles. The van der Waals surface area contributed by atoms with Crippen molar-refractivity contribution >= 4 is 17.0 Å². The number of ether oxygens (including phenoxy) is 1. The topological polar surface area (TPSA) is 64.9 Å². The van der Waals surface area contributed by atoms with E-state index in [0.717, 1.165) is 34.7 Å². The molecule has 5 rings (SSSR count). The number of nitrogens with zero attached hydrogens (tertiary/aromatic N) is 4. The summed E-state index contributed by atoms with van der Waals surface area (Å²) >= 11 is 0. The lowest BCUT2D eigenvalue weighted by atomic mass is 10.1. The second-order valence-electron chi connectivity index (χ2n) is 8.00. The normalized spacial score (nSPS) is 16.8. The first-order chi connectivity index (χ1) is 14.0. The number of hydrogen-bond acceptors (Lipinski definition) is 5. The number of imidazole rings is 1. The summed E-state index contributed by atoms with van der Waals surface area (Å²) in [5, 5.41) is 3.68. The second-order valence-corrected chi connectivity index (χ2v) is 8.00. The minimum atomic E-state index is -2.84. The second kappa shape index (κ2) is 6.93. The zero-order chi connectivity index (χ0) is 20.1. The SMILES string of the molecule is Cc1nc(NC(C2CC2)C2CC2)c2nc(C)n(-c3ccc(OC(F)F)cc3)c2n1. The molecule has 152 valence electrons. The highest BCUT2D eigenvalue weighted by atomic mass is 19.3. The summed E-state index contributed by atoms with van der Waals surface area (Å²) in [5.41, 5.74) is 2.24. The zero-order valence-electron chi connectivity index (χ0n) is 16.4. The van der Waals surface area contributed by atoms with Crippen LogP contribution in [0, 0.1) is 25.7 Å². The third kappa shape index (κ3) is 3.63. The van der Waals surface area contributed by atoms with Crippen LogP contribution in [0.4, 0.5) is 14.6 Å². The molecule has 0 atom stereocenters. The Labute approximate surface area is 167 Å². The Morgan fingerprint density at radius 2 is 1.66 bits per heavy atom. The largest absolute Gasteiger partial charge is 0.435 e. The van der Waals surface area contributed by atoms with Crippen molar-refractivity contribution in [3.63, 3.8) is 0 Å². The standard InChI is InChI=1S/C21H23F2N5O/c1-11-24-19(27-17(13-3-4-13)14-5-6-14)18-20(25-11)28(12(2)26-18)15-7-9-16(10-8-15)29-21(22)23/h7-10,13-14,17,21H,3-6H2,1-2H3,(H,24,25,27). The van der Waals surface area contributed by atoms with Crippen molar-refractivity contribution < 1.29 is 13.5 Å². The number of aryl methyl sites for hydroxylation is 2. The molecule has 0 amide bonds. The number of benzene rings is 1. The Morgan fingerprint density at radius 1 is 1.00 bits per heavy atom. The van der Waals surface area contributed by atoms with Crippen LogP contribution in [-0.2, 0) is 0 Å². The van der Waals surface area contributed by atoms with Gasteiger partial charge in [0.1, 0.15) is 17.4 Å². The van der Waals surface area contributed by atoms with Crippen molar-refractivity contribution in [3.8, 4) is 11.4 Å². The van der Waals surface area contributed by atoms with Crippen LogP contribution >= 0.6 is 0 Å². The zero-order valence-corrected chi connectivity index (χ0v) is 16.4. The van der Waals surface area contributed by atoms with Crippen LogP contribution in [0.25, 0.3) is 16.9 Å². The van der Waals surface area contributed by atoms with Gasteiger partial charge in [-0.3, -0.25) is 4.57 Å². The molecular weight excluding hydrogens is 376 g/mol. The first-order valence-electron chi connectivity index (χ1n) is 10.0. The minimum absolute atomic E-state index is 0.121. The summed E-state index contributed by atoms with van der Waals surface area (Å²) in [6.07, 6.45) is 5.12. The number of nitrogens with one attached hydrogen (secondary N) is 1. The van der Waals surface area contributed by atoms with E-state index in [2.05, 4.69) is 20.0 Å². The van der Waals surface area contributed by atoms with Crippen LogP contribution in [0.3, 0.4) is 0 Å². The van der Waals surface area contributed by atoms with E-state index in [4.69, 9.17) is 4.98 Å². The number of hydrogen-bond donors (Lipinski definition) is 1. The van der Waals surface area contributed by atoms with E-state index in [0.29, 0.717) is 17.5 Å². The van der Waals surface area contributed by atoms with E-state index in [9.17, 15) is 8.78 Å². The summed E-state index contributed by atoms with van der Waals surface area (Å²) in [6, 6.07) is 6.97. The molecular formula is C21H23F2N5O. The number of rotatable bonds is 7. The summed E-state index contributed by atoms with van der Waals surface area (Å²) < 4.78 is 31.2. The van der Waals surface area contributed by atoms with Gasteiger partial charge < -0.3 is 10.1 Å². The van der Waals surface area contributed by atoms with Gasteiger partial charge in [0, 0.05) is 11.7 Å². The van der Waals surface area contributed by atoms with Crippen molar-refractivity contribution in [3.05, 3.63) is 35.9 Å². The predicted octanol–water partition coefficient (Wildman–Crippen LogP) is 4.63. The lowest BCUT2D eigenvalue weighted by molar-refractivity contribution is -0.0498. The molecule has 0 unspecified atom stereocenters. The highest BCUT2D eigenvalue weighted by Crippen LogP contribution is 2.46. The molecule has 2 fully saturated rings. The van der Waals surface area contributed by atoms with E-state index < -0.39 is 6.61 Å². The van der Waals surface area contributed by atoms with Crippen molar-refractivity contribution in [1.82, 2.24) is 19.5 Å². The molecule has 0 saturated heterocycles. The number of halogens is 2. The van der Waals surface area contributed by atoms with Crippen LogP contribution < -0.4 is 10.1 Å². The number of anilines is 1. The fraction of sp³-hybridized carbons (Fsp3) is 0.476. The Bertz CT molecular complexity index is 1030. The molecule has 6 nitrogen and oxygen atoms in total. The fourth-order valence-electron chi connectivity index (χ4n) is 4.05. The maximum Gasteiger partial charge on any atom is 0.387 e. The lowest BCUT2D eigenvalue weighted by Crippen LogP contribution is -2.25. The average Bonchev–Trinajstić information content (AvgIpc) is 3.58. The fourth-order valence-corrected chi connectivity index (χ4v) is 4.05. The van der Waals surface area contributed by atoms with Gasteiger partial charge in [-0.25, -0.2) is 15.0 Å². The first kappa shape index (κ1) is 18.3. The van der Waals surface area contributed by atoms with E-state index >= 15 is 0 Å². The lowest BCUT2D eigenvalue weighted by Gasteiger charge is -2.18. The van der Waals surface area contributed by atoms with Gasteiger partial charge >= 0.3 is 6.61 Å². The van der Waals surface area contributed by atoms with Gasteiger partial charge in [0.15, 0.2) is 17.0 Å². The van der Waals surface area contributed by atoms with Gasteiger partial charge in [-0.15, -0.1) is 0 Å². The molecule has 0 spiro atoms. The maximum absolute atomic E-state index is 12.4. The van der Waals surface area contributed by atoms with Crippen LogP contribution in [0.2, 0.25) is 0 Å². The summed E-state index contributed by atoms with van der Waals surface area (Å²) in [7, 11) is 0. The molecule has 8 heteroatoms. The molecule has 2 aromatic heterocycles. The van der Waals surface area contributed by atoms with Crippen LogP contribution in [0.1, 0.15) is 37.3 Å². The molecule has 2 saturated carbocycles. The van der Waals surface area contributed by atoms with E-state index in [1.807, 2.05) is 18.4 Å². The van der Waals surface area contributed by atoms with Gasteiger partial charge in [-0.2, -0.15) is 8.78 Å². The number of aromatic nitrogens is 4. The molecule has 1 aromatic carbocycles. The Morgan fingerprint density at radius 3 is 2.24 bits per heavy atom. The van der Waals surface area contributed by atoms with Gasteiger partial charge in [0.05, 0.1) is 0 Å².